The highest BCUT2D eigenvalue weighted by Gasteiger charge is 2.09. The van der Waals surface area contributed by atoms with Crippen molar-refractivity contribution in [3.63, 3.8) is 0 Å². The molecule has 2 aromatic rings. The van der Waals surface area contributed by atoms with Crippen LogP contribution in [0.3, 0.4) is 0 Å². The van der Waals surface area contributed by atoms with Gasteiger partial charge in [-0.2, -0.15) is 0 Å². The van der Waals surface area contributed by atoms with E-state index in [4.69, 9.17) is 12.2 Å². The molecule has 3 N–H and O–H groups in total. The molecule has 0 fully saturated rings. The Labute approximate surface area is 133 Å². The zero-order valence-electron chi connectivity index (χ0n) is 11.9. The maximum Gasteiger partial charge on any atom is 0.269 e. The summed E-state index contributed by atoms with van der Waals surface area (Å²) < 4.78 is 0. The predicted octanol–water partition coefficient (Wildman–Crippen LogP) is 1.94. The van der Waals surface area contributed by atoms with Gasteiger partial charge in [-0.3, -0.25) is 25.8 Å². The number of hydrogen-bond acceptors (Lipinski definition) is 3. The maximum absolute atomic E-state index is 11.9. The molecule has 0 unspecified atom stereocenters. The van der Waals surface area contributed by atoms with Crippen molar-refractivity contribution in [3.8, 4) is 0 Å². The van der Waals surface area contributed by atoms with Gasteiger partial charge in [0.25, 0.3) is 11.8 Å². The highest BCUT2D eigenvalue weighted by molar-refractivity contribution is 7.80. The molecule has 2 rings (SSSR count). The van der Waals surface area contributed by atoms with Crippen molar-refractivity contribution >= 4 is 29.1 Å². The molecular formula is C16H15N3O2S. The molecule has 5 nitrogen and oxygen atoms in total. The number of nitrogens with one attached hydrogen (secondary N) is 3. The van der Waals surface area contributed by atoms with Gasteiger partial charge in [0.2, 0.25) is 0 Å². The molecule has 0 aliphatic rings. The standard InChI is InChI=1S/C16H15N3O2S/c1-11-7-9-13(10-8-11)14(20)17-16(22)19-18-15(21)12-5-3-2-4-6-12/h2-10H,1H3,(H,18,21)(H2,17,19,20,22). The van der Waals surface area contributed by atoms with E-state index in [-0.39, 0.29) is 16.9 Å². The van der Waals surface area contributed by atoms with Gasteiger partial charge in [0.05, 0.1) is 0 Å². The van der Waals surface area contributed by atoms with Gasteiger partial charge in [-0.1, -0.05) is 35.9 Å². The minimum absolute atomic E-state index is 0.0230. The van der Waals surface area contributed by atoms with Gasteiger partial charge in [-0.15, -0.1) is 0 Å². The van der Waals surface area contributed by atoms with Crippen LogP contribution in [-0.4, -0.2) is 16.9 Å². The van der Waals surface area contributed by atoms with Crippen molar-refractivity contribution in [2.24, 2.45) is 0 Å². The van der Waals surface area contributed by atoms with Crippen LogP contribution in [0.4, 0.5) is 0 Å². The fourth-order valence-corrected chi connectivity index (χ4v) is 1.83. The molecule has 0 radical (unpaired) electrons. The van der Waals surface area contributed by atoms with Crippen LogP contribution in [0.25, 0.3) is 0 Å². The summed E-state index contributed by atoms with van der Waals surface area (Å²) >= 11 is 4.97. The predicted molar refractivity (Wildman–Crippen MR) is 88.3 cm³/mol. The third-order valence-electron chi connectivity index (χ3n) is 2.87. The van der Waals surface area contributed by atoms with Crippen molar-refractivity contribution in [2.75, 3.05) is 0 Å². The summed E-state index contributed by atoms with van der Waals surface area (Å²) in [5.74, 6) is -0.681. The highest BCUT2D eigenvalue weighted by atomic mass is 32.1. The molecular weight excluding hydrogens is 298 g/mol. The van der Waals surface area contributed by atoms with E-state index in [1.165, 1.54) is 0 Å². The molecule has 0 aliphatic heterocycles. The molecule has 2 aromatic carbocycles. The van der Waals surface area contributed by atoms with E-state index >= 15 is 0 Å². The molecule has 112 valence electrons. The SMILES string of the molecule is Cc1ccc(C(=O)NC(=S)NNC(=O)c2ccccc2)cc1. The first-order valence-electron chi connectivity index (χ1n) is 6.59. The van der Waals surface area contributed by atoms with E-state index < -0.39 is 0 Å². The Hall–Kier alpha value is -2.73. The molecule has 0 heterocycles. The molecule has 0 atom stereocenters. The third-order valence-corrected chi connectivity index (χ3v) is 3.07. The number of hydrogen-bond donors (Lipinski definition) is 3. The quantitative estimate of drug-likeness (QED) is 0.585. The summed E-state index contributed by atoms with van der Waals surface area (Å²) in [6.45, 7) is 1.94. The second-order valence-electron chi connectivity index (χ2n) is 4.59. The van der Waals surface area contributed by atoms with E-state index in [0.717, 1.165) is 5.56 Å². The Bertz CT molecular complexity index is 684. The Morgan fingerprint density at radius 1 is 0.818 bits per heavy atom. The lowest BCUT2D eigenvalue weighted by Crippen LogP contribution is -2.48. The second kappa shape index (κ2) is 7.33. The first-order valence-corrected chi connectivity index (χ1v) is 7.00. The van der Waals surface area contributed by atoms with Crippen LogP contribution < -0.4 is 16.2 Å². The van der Waals surface area contributed by atoms with E-state index in [1.54, 1.807) is 36.4 Å². The van der Waals surface area contributed by atoms with Crippen LogP contribution in [0.1, 0.15) is 26.3 Å². The van der Waals surface area contributed by atoms with Crippen LogP contribution in [0.5, 0.6) is 0 Å². The molecule has 0 aliphatic carbocycles. The number of carbonyl (C=O) groups is 2. The average molecular weight is 313 g/mol. The number of thiocarbonyl (C=S) groups is 1. The summed E-state index contributed by atoms with van der Waals surface area (Å²) in [5, 5.41) is 2.51. The topological polar surface area (TPSA) is 70.2 Å². The lowest BCUT2D eigenvalue weighted by atomic mass is 10.1. The number of hydrazine groups is 1. The number of amides is 2. The largest absolute Gasteiger partial charge is 0.298 e. The Kier molecular flexibility index (Phi) is 5.21. The van der Waals surface area contributed by atoms with E-state index in [1.807, 2.05) is 25.1 Å². The number of carbonyl (C=O) groups excluding carboxylic acids is 2. The van der Waals surface area contributed by atoms with Gasteiger partial charge in [0.1, 0.15) is 0 Å². The van der Waals surface area contributed by atoms with Crippen LogP contribution in [0.15, 0.2) is 54.6 Å². The minimum Gasteiger partial charge on any atom is -0.298 e. The van der Waals surface area contributed by atoms with Crippen LogP contribution >= 0.6 is 12.2 Å². The molecule has 6 heteroatoms. The van der Waals surface area contributed by atoms with Crippen molar-refractivity contribution in [1.82, 2.24) is 16.2 Å². The number of rotatable bonds is 2. The first-order chi connectivity index (χ1) is 10.6. The molecule has 0 saturated heterocycles. The van der Waals surface area contributed by atoms with Gasteiger partial charge >= 0.3 is 0 Å². The van der Waals surface area contributed by atoms with Gasteiger partial charge in [-0.25, -0.2) is 0 Å². The van der Waals surface area contributed by atoms with Gasteiger partial charge in [0.15, 0.2) is 5.11 Å². The summed E-state index contributed by atoms with van der Waals surface area (Å²) in [7, 11) is 0. The van der Waals surface area contributed by atoms with Crippen molar-refractivity contribution in [2.45, 2.75) is 6.92 Å². The molecule has 0 aromatic heterocycles. The second-order valence-corrected chi connectivity index (χ2v) is 5.00. The summed E-state index contributed by atoms with van der Waals surface area (Å²) in [5.41, 5.74) is 6.95. The van der Waals surface area contributed by atoms with Gasteiger partial charge in [-0.05, 0) is 43.4 Å². The normalized spacial score (nSPS) is 9.68. The molecule has 0 bridgehead atoms. The molecule has 22 heavy (non-hydrogen) atoms. The monoisotopic (exact) mass is 313 g/mol. The van der Waals surface area contributed by atoms with E-state index in [9.17, 15) is 9.59 Å². The van der Waals surface area contributed by atoms with Crippen molar-refractivity contribution < 1.29 is 9.59 Å². The molecule has 0 spiro atoms. The highest BCUT2D eigenvalue weighted by Crippen LogP contribution is 2.02. The lowest BCUT2D eigenvalue weighted by molar-refractivity contribution is 0.0934. The molecule has 0 saturated carbocycles. The maximum atomic E-state index is 11.9. The first kappa shape index (κ1) is 15.7. The van der Waals surface area contributed by atoms with Crippen molar-refractivity contribution in [3.05, 3.63) is 71.3 Å². The van der Waals surface area contributed by atoms with Gasteiger partial charge in [0, 0.05) is 11.1 Å². The van der Waals surface area contributed by atoms with E-state index in [2.05, 4.69) is 16.2 Å². The van der Waals surface area contributed by atoms with Gasteiger partial charge < -0.3 is 0 Å². The van der Waals surface area contributed by atoms with Crippen molar-refractivity contribution in [1.29, 1.82) is 0 Å². The van der Waals surface area contributed by atoms with Crippen LogP contribution in [0, 0.1) is 6.92 Å². The number of benzene rings is 2. The summed E-state index contributed by atoms with van der Waals surface area (Å²) in [6, 6.07) is 15.8. The summed E-state index contributed by atoms with van der Waals surface area (Å²) in [6.07, 6.45) is 0. The molecule has 2 amide bonds. The Morgan fingerprint density at radius 3 is 2.05 bits per heavy atom. The summed E-state index contributed by atoms with van der Waals surface area (Å²) in [4.78, 5) is 23.7. The number of aryl methyl sites for hydroxylation is 1. The Balaban J connectivity index is 1.84. The lowest BCUT2D eigenvalue weighted by Gasteiger charge is -2.10. The third kappa shape index (κ3) is 4.39. The Morgan fingerprint density at radius 2 is 1.41 bits per heavy atom. The average Bonchev–Trinajstić information content (AvgIpc) is 2.54. The zero-order chi connectivity index (χ0) is 15.9. The zero-order valence-corrected chi connectivity index (χ0v) is 12.7. The fourth-order valence-electron chi connectivity index (χ4n) is 1.69. The fraction of sp³-hybridized carbons (Fsp3) is 0.0625. The van der Waals surface area contributed by atoms with Crippen LogP contribution in [0.2, 0.25) is 0 Å². The minimum atomic E-state index is -0.341. The van der Waals surface area contributed by atoms with Crippen LogP contribution in [-0.2, 0) is 0 Å². The van der Waals surface area contributed by atoms with E-state index in [0.29, 0.717) is 11.1 Å². The smallest absolute Gasteiger partial charge is 0.269 e.